The molecule has 1 rings (SSSR count). The minimum Gasteiger partial charge on any atom is -0.289 e. The van der Waals surface area contributed by atoms with E-state index in [1.165, 1.54) is 5.56 Å². The van der Waals surface area contributed by atoms with Crippen molar-refractivity contribution in [3.05, 3.63) is 29.8 Å². The van der Waals surface area contributed by atoms with Crippen LogP contribution in [0.5, 0.6) is 0 Å². The summed E-state index contributed by atoms with van der Waals surface area (Å²) in [7, 11) is 0. The Balaban J connectivity index is 2.98. The number of hydroxylamine groups is 1. The average Bonchev–Trinajstić information content (AvgIpc) is 2.60. The number of benzene rings is 1. The SMILES string of the molecule is CCCc1ccc(SC(CCC)(CCC(C)CC)C(=O)NO)cc1. The first-order valence-corrected chi connectivity index (χ1v) is 10.0. The summed E-state index contributed by atoms with van der Waals surface area (Å²) < 4.78 is -0.598. The minimum absolute atomic E-state index is 0.268. The zero-order valence-corrected chi connectivity index (χ0v) is 16.4. The van der Waals surface area contributed by atoms with Gasteiger partial charge in [-0.1, -0.05) is 59.1 Å². The van der Waals surface area contributed by atoms with Crippen molar-refractivity contribution < 1.29 is 10.0 Å². The summed E-state index contributed by atoms with van der Waals surface area (Å²) in [5.41, 5.74) is 3.25. The van der Waals surface area contributed by atoms with Crippen LogP contribution >= 0.6 is 11.8 Å². The van der Waals surface area contributed by atoms with E-state index in [-0.39, 0.29) is 5.91 Å². The number of amides is 1. The fourth-order valence-corrected chi connectivity index (χ4v) is 4.32. The van der Waals surface area contributed by atoms with Crippen LogP contribution in [0.2, 0.25) is 0 Å². The first-order valence-electron chi connectivity index (χ1n) is 9.23. The standard InChI is InChI=1S/C20H33NO2S/c1-5-8-17-9-11-18(12-10-17)24-20(14-6-2,19(22)21-23)15-13-16(4)7-3/h9-12,16,23H,5-8,13-15H2,1-4H3,(H,21,22). The van der Waals surface area contributed by atoms with Gasteiger partial charge in [0.1, 0.15) is 4.75 Å². The zero-order valence-electron chi connectivity index (χ0n) is 15.6. The van der Waals surface area contributed by atoms with Crippen molar-refractivity contribution in [3.8, 4) is 0 Å². The Morgan fingerprint density at radius 3 is 2.33 bits per heavy atom. The van der Waals surface area contributed by atoms with Crippen molar-refractivity contribution >= 4 is 17.7 Å². The van der Waals surface area contributed by atoms with Crippen LogP contribution in [0, 0.1) is 5.92 Å². The lowest BCUT2D eigenvalue weighted by Gasteiger charge is -2.31. The van der Waals surface area contributed by atoms with Gasteiger partial charge in [0, 0.05) is 4.90 Å². The van der Waals surface area contributed by atoms with Gasteiger partial charge in [-0.05, 0) is 49.3 Å². The second kappa shape index (κ2) is 10.8. The van der Waals surface area contributed by atoms with Crippen LogP contribution in [-0.2, 0) is 11.2 Å². The maximum absolute atomic E-state index is 12.5. The topological polar surface area (TPSA) is 49.3 Å². The highest BCUT2D eigenvalue weighted by atomic mass is 32.2. The number of thioether (sulfide) groups is 1. The summed E-state index contributed by atoms with van der Waals surface area (Å²) in [5.74, 6) is 0.315. The van der Waals surface area contributed by atoms with E-state index >= 15 is 0 Å². The van der Waals surface area contributed by atoms with E-state index in [1.807, 2.05) is 5.48 Å². The van der Waals surface area contributed by atoms with E-state index in [2.05, 4.69) is 52.0 Å². The maximum Gasteiger partial charge on any atom is 0.259 e. The Morgan fingerprint density at radius 2 is 1.83 bits per heavy atom. The second-order valence-corrected chi connectivity index (χ2v) is 8.19. The molecule has 0 aliphatic rings. The molecule has 1 amide bonds. The van der Waals surface area contributed by atoms with Gasteiger partial charge in [0.25, 0.3) is 5.91 Å². The third kappa shape index (κ3) is 6.14. The number of nitrogens with one attached hydrogen (secondary N) is 1. The Labute approximate surface area is 151 Å². The Kier molecular flexibility index (Phi) is 9.45. The molecule has 0 saturated carbocycles. The van der Waals surface area contributed by atoms with E-state index in [0.29, 0.717) is 5.92 Å². The van der Waals surface area contributed by atoms with Crippen LogP contribution in [0.25, 0.3) is 0 Å². The monoisotopic (exact) mass is 351 g/mol. The van der Waals surface area contributed by atoms with Crippen LogP contribution in [0.4, 0.5) is 0 Å². The lowest BCUT2D eigenvalue weighted by Crippen LogP contribution is -2.43. The highest BCUT2D eigenvalue weighted by Gasteiger charge is 2.38. The van der Waals surface area contributed by atoms with Crippen LogP contribution in [0.15, 0.2) is 29.2 Å². The van der Waals surface area contributed by atoms with E-state index in [1.54, 1.807) is 11.8 Å². The zero-order chi connectivity index (χ0) is 18.0. The molecule has 0 spiro atoms. The van der Waals surface area contributed by atoms with E-state index < -0.39 is 4.75 Å². The Morgan fingerprint density at radius 1 is 1.17 bits per heavy atom. The third-order valence-corrected chi connectivity index (χ3v) is 6.17. The predicted molar refractivity (Wildman–Crippen MR) is 103 cm³/mol. The first kappa shape index (κ1) is 21.0. The number of carbonyl (C=O) groups is 1. The maximum atomic E-state index is 12.5. The van der Waals surface area contributed by atoms with Crippen molar-refractivity contribution in [2.24, 2.45) is 5.92 Å². The summed E-state index contributed by atoms with van der Waals surface area (Å²) in [6.45, 7) is 8.67. The number of aryl methyl sites for hydroxylation is 1. The predicted octanol–water partition coefficient (Wildman–Crippen LogP) is 5.60. The van der Waals surface area contributed by atoms with Gasteiger partial charge in [-0.15, -0.1) is 11.8 Å². The molecule has 0 aromatic heterocycles. The van der Waals surface area contributed by atoms with E-state index in [4.69, 9.17) is 0 Å². The molecule has 0 saturated heterocycles. The number of hydrogen-bond donors (Lipinski definition) is 2. The highest BCUT2D eigenvalue weighted by Crippen LogP contribution is 2.41. The van der Waals surface area contributed by atoms with Crippen LogP contribution in [-0.4, -0.2) is 15.9 Å². The van der Waals surface area contributed by atoms with Gasteiger partial charge in [-0.25, -0.2) is 5.48 Å². The fraction of sp³-hybridized carbons (Fsp3) is 0.650. The summed E-state index contributed by atoms with van der Waals surface area (Å²) in [6.07, 6.45) is 6.77. The van der Waals surface area contributed by atoms with Crippen LogP contribution in [0.3, 0.4) is 0 Å². The molecule has 0 radical (unpaired) electrons. The quantitative estimate of drug-likeness (QED) is 0.310. The first-order chi connectivity index (χ1) is 11.5. The molecule has 0 heterocycles. The molecule has 0 fully saturated rings. The molecular weight excluding hydrogens is 318 g/mol. The Hall–Kier alpha value is -1.00. The second-order valence-electron chi connectivity index (χ2n) is 6.73. The molecule has 0 bridgehead atoms. The van der Waals surface area contributed by atoms with Gasteiger partial charge in [0.2, 0.25) is 0 Å². The Bertz CT molecular complexity index is 489. The fourth-order valence-electron chi connectivity index (χ4n) is 2.93. The van der Waals surface area contributed by atoms with Crippen LogP contribution in [0.1, 0.15) is 71.8 Å². The van der Waals surface area contributed by atoms with Crippen molar-refractivity contribution in [1.82, 2.24) is 5.48 Å². The number of rotatable bonds is 11. The molecule has 136 valence electrons. The van der Waals surface area contributed by atoms with E-state index in [9.17, 15) is 10.0 Å². The van der Waals surface area contributed by atoms with Gasteiger partial charge in [0.15, 0.2) is 0 Å². The lowest BCUT2D eigenvalue weighted by molar-refractivity contribution is -0.132. The third-order valence-electron chi connectivity index (χ3n) is 4.68. The lowest BCUT2D eigenvalue weighted by atomic mass is 9.91. The van der Waals surface area contributed by atoms with Crippen molar-refractivity contribution in [2.45, 2.75) is 82.3 Å². The molecule has 4 heteroatoms. The summed E-state index contributed by atoms with van der Waals surface area (Å²) in [4.78, 5) is 13.6. The highest BCUT2D eigenvalue weighted by molar-refractivity contribution is 8.01. The number of hydrogen-bond acceptors (Lipinski definition) is 3. The van der Waals surface area contributed by atoms with E-state index in [0.717, 1.165) is 49.8 Å². The summed E-state index contributed by atoms with van der Waals surface area (Å²) >= 11 is 1.60. The van der Waals surface area contributed by atoms with Gasteiger partial charge < -0.3 is 0 Å². The molecule has 24 heavy (non-hydrogen) atoms. The normalized spacial score (nSPS) is 14.9. The number of carbonyl (C=O) groups excluding carboxylic acids is 1. The molecule has 1 aromatic carbocycles. The minimum atomic E-state index is -0.598. The van der Waals surface area contributed by atoms with Crippen molar-refractivity contribution in [1.29, 1.82) is 0 Å². The van der Waals surface area contributed by atoms with Crippen molar-refractivity contribution in [3.63, 3.8) is 0 Å². The molecule has 1 aromatic rings. The van der Waals surface area contributed by atoms with Gasteiger partial charge in [-0.3, -0.25) is 10.0 Å². The van der Waals surface area contributed by atoms with Gasteiger partial charge >= 0.3 is 0 Å². The van der Waals surface area contributed by atoms with Gasteiger partial charge in [-0.2, -0.15) is 0 Å². The molecule has 3 nitrogen and oxygen atoms in total. The molecular formula is C20H33NO2S. The summed E-state index contributed by atoms with van der Waals surface area (Å²) in [6, 6.07) is 8.50. The molecule has 2 unspecified atom stereocenters. The largest absolute Gasteiger partial charge is 0.289 e. The summed E-state index contributed by atoms with van der Waals surface area (Å²) in [5, 5.41) is 9.30. The molecule has 0 aliphatic carbocycles. The average molecular weight is 352 g/mol. The van der Waals surface area contributed by atoms with Gasteiger partial charge in [0.05, 0.1) is 0 Å². The molecule has 2 atom stereocenters. The smallest absolute Gasteiger partial charge is 0.259 e. The van der Waals surface area contributed by atoms with Crippen molar-refractivity contribution in [2.75, 3.05) is 0 Å². The molecule has 2 N–H and O–H groups in total. The van der Waals surface area contributed by atoms with Crippen LogP contribution < -0.4 is 5.48 Å². The molecule has 0 aliphatic heterocycles.